The molecule has 26 heavy (non-hydrogen) atoms. The van der Waals surface area contributed by atoms with Crippen LogP contribution in [-0.4, -0.2) is 24.1 Å². The van der Waals surface area contributed by atoms with E-state index in [-0.39, 0.29) is 36.0 Å². The lowest BCUT2D eigenvalue weighted by Crippen LogP contribution is -2.38. The third kappa shape index (κ3) is 5.23. The van der Waals surface area contributed by atoms with Crippen molar-refractivity contribution in [2.45, 2.75) is 103 Å². The number of carbonyl (C=O) groups excluding carboxylic acids is 2. The zero-order valence-corrected chi connectivity index (χ0v) is 16.6. The molecule has 2 unspecified atom stereocenters. The van der Waals surface area contributed by atoms with Crippen molar-refractivity contribution in [3.8, 4) is 0 Å². The molecule has 0 aromatic heterocycles. The van der Waals surface area contributed by atoms with E-state index >= 15 is 0 Å². The molecule has 4 nitrogen and oxygen atoms in total. The second kappa shape index (κ2) is 9.23. The summed E-state index contributed by atoms with van der Waals surface area (Å²) in [4.78, 5) is 25.5. The van der Waals surface area contributed by atoms with E-state index in [0.717, 1.165) is 88.9 Å². The molecule has 3 aliphatic carbocycles. The normalized spacial score (nSPS) is 38.4. The summed E-state index contributed by atoms with van der Waals surface area (Å²) in [5, 5.41) is 0. The van der Waals surface area contributed by atoms with Gasteiger partial charge in [0.2, 0.25) is 0 Å². The van der Waals surface area contributed by atoms with Crippen molar-refractivity contribution in [3.05, 3.63) is 0 Å². The van der Waals surface area contributed by atoms with Gasteiger partial charge < -0.3 is 9.47 Å². The minimum absolute atomic E-state index is 0.0529. The van der Waals surface area contributed by atoms with Gasteiger partial charge in [-0.25, -0.2) is 0 Å². The number of hydrogen-bond acceptors (Lipinski definition) is 4. The van der Waals surface area contributed by atoms with E-state index < -0.39 is 0 Å². The van der Waals surface area contributed by atoms with Crippen LogP contribution in [0, 0.1) is 23.7 Å². The van der Waals surface area contributed by atoms with Crippen molar-refractivity contribution in [1.82, 2.24) is 0 Å². The van der Waals surface area contributed by atoms with Crippen LogP contribution < -0.4 is 0 Å². The highest BCUT2D eigenvalue weighted by Crippen LogP contribution is 2.35. The number of hydrogen-bond donors (Lipinski definition) is 0. The average molecular weight is 365 g/mol. The summed E-state index contributed by atoms with van der Waals surface area (Å²) in [5.74, 6) is 0.587. The van der Waals surface area contributed by atoms with Crippen LogP contribution in [0.5, 0.6) is 0 Å². The van der Waals surface area contributed by atoms with Gasteiger partial charge in [0, 0.05) is 0 Å². The summed E-state index contributed by atoms with van der Waals surface area (Å²) < 4.78 is 11.6. The van der Waals surface area contributed by atoms with Crippen LogP contribution in [0.3, 0.4) is 0 Å². The van der Waals surface area contributed by atoms with Crippen molar-refractivity contribution in [3.63, 3.8) is 0 Å². The van der Waals surface area contributed by atoms with Crippen molar-refractivity contribution in [1.29, 1.82) is 0 Å². The molecule has 3 saturated carbocycles. The Hall–Kier alpha value is -1.06. The van der Waals surface area contributed by atoms with Crippen molar-refractivity contribution in [2.24, 2.45) is 23.7 Å². The molecule has 0 radical (unpaired) electrons. The van der Waals surface area contributed by atoms with E-state index in [0.29, 0.717) is 0 Å². The van der Waals surface area contributed by atoms with Gasteiger partial charge in [-0.2, -0.15) is 0 Å². The fourth-order valence-corrected chi connectivity index (χ4v) is 4.89. The van der Waals surface area contributed by atoms with Gasteiger partial charge in [0.15, 0.2) is 0 Å². The van der Waals surface area contributed by atoms with Crippen LogP contribution in [0.4, 0.5) is 0 Å². The predicted molar refractivity (Wildman–Crippen MR) is 100 cm³/mol. The van der Waals surface area contributed by atoms with Gasteiger partial charge in [0.05, 0.1) is 11.8 Å². The Balaban J connectivity index is 1.53. The Kier molecular flexibility index (Phi) is 6.99. The van der Waals surface area contributed by atoms with E-state index in [2.05, 4.69) is 13.8 Å². The fraction of sp³-hybridized carbons (Fsp3) is 0.909. The maximum Gasteiger partial charge on any atom is 0.310 e. The van der Waals surface area contributed by atoms with E-state index in [4.69, 9.17) is 9.47 Å². The van der Waals surface area contributed by atoms with Gasteiger partial charge >= 0.3 is 11.9 Å². The molecular weight excluding hydrogens is 328 g/mol. The second-order valence-corrected chi connectivity index (χ2v) is 9.13. The molecule has 0 aromatic carbocycles. The van der Waals surface area contributed by atoms with Gasteiger partial charge in [-0.3, -0.25) is 9.59 Å². The van der Waals surface area contributed by atoms with Crippen LogP contribution in [0.2, 0.25) is 0 Å². The molecular formula is C22H36O4. The second-order valence-electron chi connectivity index (χ2n) is 9.13. The third-order valence-corrected chi connectivity index (χ3v) is 6.86. The molecule has 3 aliphatic rings. The number of carbonyl (C=O) groups is 2. The first kappa shape index (κ1) is 19.7. The molecule has 0 heterocycles. The van der Waals surface area contributed by atoms with Crippen molar-refractivity contribution in [2.75, 3.05) is 0 Å². The number of esters is 2. The highest BCUT2D eigenvalue weighted by atomic mass is 16.6. The largest absolute Gasteiger partial charge is 0.462 e. The van der Waals surface area contributed by atoms with E-state index in [1.807, 2.05) is 0 Å². The first-order valence-corrected chi connectivity index (χ1v) is 10.9. The average Bonchev–Trinajstić information content (AvgIpc) is 2.65. The van der Waals surface area contributed by atoms with Gasteiger partial charge in [0.25, 0.3) is 0 Å². The zero-order chi connectivity index (χ0) is 18.5. The number of rotatable bonds is 4. The topological polar surface area (TPSA) is 52.6 Å². The van der Waals surface area contributed by atoms with Crippen LogP contribution in [0.25, 0.3) is 0 Å². The zero-order valence-electron chi connectivity index (χ0n) is 16.6. The van der Waals surface area contributed by atoms with Crippen LogP contribution in [0.15, 0.2) is 0 Å². The molecule has 0 aliphatic heterocycles. The highest BCUT2D eigenvalue weighted by Gasteiger charge is 2.40. The lowest BCUT2D eigenvalue weighted by Gasteiger charge is -2.33. The summed E-state index contributed by atoms with van der Waals surface area (Å²) in [7, 11) is 0. The highest BCUT2D eigenvalue weighted by molar-refractivity contribution is 5.82. The molecule has 0 saturated heterocycles. The third-order valence-electron chi connectivity index (χ3n) is 6.86. The molecule has 0 bridgehead atoms. The fourth-order valence-electron chi connectivity index (χ4n) is 4.89. The van der Waals surface area contributed by atoms with E-state index in [1.165, 1.54) is 0 Å². The maximum absolute atomic E-state index is 12.8. The van der Waals surface area contributed by atoms with Gasteiger partial charge in [-0.15, -0.1) is 0 Å². The molecule has 0 aromatic rings. The Labute approximate surface area is 158 Å². The maximum atomic E-state index is 12.8. The SMILES string of the molecule is CC1CCC(OC(=O)C2CCCCC2C(=O)OC2CCC(C)CC2)CC1. The van der Waals surface area contributed by atoms with Crippen LogP contribution in [-0.2, 0) is 19.1 Å². The smallest absolute Gasteiger partial charge is 0.310 e. The first-order valence-electron chi connectivity index (χ1n) is 10.9. The monoisotopic (exact) mass is 364 g/mol. The van der Waals surface area contributed by atoms with Crippen molar-refractivity contribution < 1.29 is 19.1 Å². The van der Waals surface area contributed by atoms with E-state index in [1.54, 1.807) is 0 Å². The van der Waals surface area contributed by atoms with Crippen LogP contribution in [0.1, 0.15) is 90.9 Å². The Morgan fingerprint density at radius 3 is 1.27 bits per heavy atom. The van der Waals surface area contributed by atoms with Gasteiger partial charge in [-0.1, -0.05) is 26.7 Å². The van der Waals surface area contributed by atoms with Crippen LogP contribution >= 0.6 is 0 Å². The predicted octanol–water partition coefficient (Wildman–Crippen LogP) is 5.04. The Bertz CT molecular complexity index is 429. The summed E-state index contributed by atoms with van der Waals surface area (Å²) >= 11 is 0. The van der Waals surface area contributed by atoms with Gasteiger partial charge in [0.1, 0.15) is 12.2 Å². The molecule has 3 fully saturated rings. The summed E-state index contributed by atoms with van der Waals surface area (Å²) in [5.41, 5.74) is 0. The molecule has 0 amide bonds. The Morgan fingerprint density at radius 2 is 0.923 bits per heavy atom. The number of ether oxygens (including phenoxy) is 2. The molecule has 0 N–H and O–H groups in total. The summed E-state index contributed by atoms with van der Waals surface area (Å²) in [6.07, 6.45) is 12.1. The molecule has 0 spiro atoms. The molecule has 148 valence electrons. The summed E-state index contributed by atoms with van der Waals surface area (Å²) in [6, 6.07) is 0. The molecule has 2 atom stereocenters. The quantitative estimate of drug-likeness (QED) is 0.656. The van der Waals surface area contributed by atoms with Gasteiger partial charge in [-0.05, 0) is 76.0 Å². The molecule has 3 rings (SSSR count). The van der Waals surface area contributed by atoms with E-state index in [9.17, 15) is 9.59 Å². The lowest BCUT2D eigenvalue weighted by molar-refractivity contribution is -0.170. The standard InChI is InChI=1S/C22H36O4/c1-15-7-11-17(12-8-15)25-21(23)19-5-3-4-6-20(19)22(24)26-18-13-9-16(2)10-14-18/h15-20H,3-14H2,1-2H3. The van der Waals surface area contributed by atoms with Crippen molar-refractivity contribution >= 4 is 11.9 Å². The minimum Gasteiger partial charge on any atom is -0.462 e. The Morgan fingerprint density at radius 1 is 0.577 bits per heavy atom. The minimum atomic E-state index is -0.293. The summed E-state index contributed by atoms with van der Waals surface area (Å²) in [6.45, 7) is 4.52. The first-order chi connectivity index (χ1) is 12.5. The lowest BCUT2D eigenvalue weighted by atomic mass is 9.79. The molecule has 4 heteroatoms.